The first-order valence-corrected chi connectivity index (χ1v) is 3.98. The summed E-state index contributed by atoms with van der Waals surface area (Å²) in [6, 6.07) is 5.21. The SMILES string of the molecule is CN1CC(=O)Oc2ccc(N)cc21. The number of carbonyl (C=O) groups is 1. The predicted molar refractivity (Wildman–Crippen MR) is 49.8 cm³/mol. The highest BCUT2D eigenvalue weighted by Gasteiger charge is 2.20. The lowest BCUT2D eigenvalue weighted by Crippen LogP contribution is -2.33. The van der Waals surface area contributed by atoms with E-state index in [1.54, 1.807) is 18.2 Å². The molecule has 0 spiro atoms. The Morgan fingerprint density at radius 3 is 3.08 bits per heavy atom. The fourth-order valence-corrected chi connectivity index (χ4v) is 1.35. The molecule has 0 saturated heterocycles. The largest absolute Gasteiger partial charge is 0.423 e. The summed E-state index contributed by atoms with van der Waals surface area (Å²) in [6.45, 7) is 0.274. The molecule has 0 aromatic heterocycles. The lowest BCUT2D eigenvalue weighted by molar-refractivity contribution is -0.133. The van der Waals surface area contributed by atoms with Crippen LogP contribution < -0.4 is 15.4 Å². The zero-order chi connectivity index (χ0) is 9.42. The zero-order valence-electron chi connectivity index (χ0n) is 7.28. The van der Waals surface area contributed by atoms with E-state index in [-0.39, 0.29) is 12.5 Å². The highest BCUT2D eigenvalue weighted by molar-refractivity contribution is 5.85. The van der Waals surface area contributed by atoms with Crippen molar-refractivity contribution in [1.82, 2.24) is 0 Å². The second-order valence-electron chi connectivity index (χ2n) is 3.06. The van der Waals surface area contributed by atoms with Gasteiger partial charge in [-0.25, -0.2) is 4.79 Å². The molecule has 1 aromatic carbocycles. The van der Waals surface area contributed by atoms with E-state index in [0.717, 1.165) is 5.69 Å². The number of benzene rings is 1. The Hall–Kier alpha value is -1.71. The van der Waals surface area contributed by atoms with Crippen LogP contribution in [0.5, 0.6) is 5.75 Å². The van der Waals surface area contributed by atoms with Crippen LogP contribution in [0.3, 0.4) is 0 Å². The molecule has 0 atom stereocenters. The second-order valence-corrected chi connectivity index (χ2v) is 3.06. The molecule has 13 heavy (non-hydrogen) atoms. The van der Waals surface area contributed by atoms with Gasteiger partial charge < -0.3 is 15.4 Å². The van der Waals surface area contributed by atoms with Gasteiger partial charge in [0.25, 0.3) is 0 Å². The molecule has 0 saturated carbocycles. The molecule has 1 aromatic rings. The number of ether oxygens (including phenoxy) is 1. The smallest absolute Gasteiger partial charge is 0.330 e. The average molecular weight is 178 g/mol. The van der Waals surface area contributed by atoms with Crippen LogP contribution in [-0.4, -0.2) is 19.6 Å². The van der Waals surface area contributed by atoms with E-state index in [1.165, 1.54) is 0 Å². The van der Waals surface area contributed by atoms with Gasteiger partial charge in [0, 0.05) is 12.7 Å². The van der Waals surface area contributed by atoms with E-state index in [1.807, 2.05) is 11.9 Å². The Labute approximate surface area is 75.9 Å². The Bertz CT molecular complexity index is 363. The molecule has 1 aliphatic heterocycles. The van der Waals surface area contributed by atoms with E-state index >= 15 is 0 Å². The molecule has 4 nitrogen and oxygen atoms in total. The molecule has 0 aliphatic carbocycles. The summed E-state index contributed by atoms with van der Waals surface area (Å²) in [6.07, 6.45) is 0. The van der Waals surface area contributed by atoms with Crippen LogP contribution in [0.15, 0.2) is 18.2 Å². The van der Waals surface area contributed by atoms with E-state index in [0.29, 0.717) is 11.4 Å². The van der Waals surface area contributed by atoms with Gasteiger partial charge in [0.05, 0.1) is 5.69 Å². The molecule has 1 heterocycles. The Balaban J connectivity index is 2.49. The standard InChI is InChI=1S/C9H10N2O2/c1-11-5-9(12)13-8-3-2-6(10)4-7(8)11/h2-4H,5,10H2,1H3. The van der Waals surface area contributed by atoms with Crippen molar-refractivity contribution in [1.29, 1.82) is 0 Å². The molecular formula is C9H10N2O2. The highest BCUT2D eigenvalue weighted by Crippen LogP contribution is 2.32. The van der Waals surface area contributed by atoms with Crippen molar-refractivity contribution >= 4 is 17.3 Å². The molecule has 0 unspecified atom stereocenters. The van der Waals surface area contributed by atoms with Crippen LogP contribution in [0.2, 0.25) is 0 Å². The van der Waals surface area contributed by atoms with Crippen LogP contribution in [0.4, 0.5) is 11.4 Å². The summed E-state index contributed by atoms with van der Waals surface area (Å²) in [5.41, 5.74) is 7.14. The Kier molecular flexibility index (Phi) is 1.62. The van der Waals surface area contributed by atoms with Crippen LogP contribution in [0.25, 0.3) is 0 Å². The molecule has 2 rings (SSSR count). The number of esters is 1. The number of nitrogens with two attached hydrogens (primary N) is 1. The van der Waals surface area contributed by atoms with E-state index in [4.69, 9.17) is 10.5 Å². The fourth-order valence-electron chi connectivity index (χ4n) is 1.35. The van der Waals surface area contributed by atoms with Gasteiger partial charge in [0.2, 0.25) is 0 Å². The van der Waals surface area contributed by atoms with Gasteiger partial charge in [0.15, 0.2) is 5.75 Å². The zero-order valence-corrected chi connectivity index (χ0v) is 7.28. The Morgan fingerprint density at radius 1 is 1.54 bits per heavy atom. The maximum Gasteiger partial charge on any atom is 0.330 e. The molecule has 0 bridgehead atoms. The lowest BCUT2D eigenvalue weighted by atomic mass is 10.2. The number of anilines is 2. The quantitative estimate of drug-likeness (QED) is 0.359. The van der Waals surface area contributed by atoms with Crippen molar-refractivity contribution in [2.75, 3.05) is 24.2 Å². The van der Waals surface area contributed by atoms with Gasteiger partial charge in [-0.1, -0.05) is 0 Å². The number of likely N-dealkylation sites (N-methyl/N-ethyl adjacent to an activating group) is 1. The van der Waals surface area contributed by atoms with Crippen molar-refractivity contribution < 1.29 is 9.53 Å². The summed E-state index contributed by atoms with van der Waals surface area (Å²) in [5, 5.41) is 0. The fraction of sp³-hybridized carbons (Fsp3) is 0.222. The van der Waals surface area contributed by atoms with E-state index in [2.05, 4.69) is 0 Å². The van der Waals surface area contributed by atoms with Crippen molar-refractivity contribution in [3.05, 3.63) is 18.2 Å². The minimum Gasteiger partial charge on any atom is -0.423 e. The number of carbonyl (C=O) groups excluding carboxylic acids is 1. The third-order valence-corrected chi connectivity index (χ3v) is 1.98. The third-order valence-electron chi connectivity index (χ3n) is 1.98. The van der Waals surface area contributed by atoms with Gasteiger partial charge >= 0.3 is 5.97 Å². The van der Waals surface area contributed by atoms with E-state index in [9.17, 15) is 4.79 Å². The highest BCUT2D eigenvalue weighted by atomic mass is 16.5. The molecule has 68 valence electrons. The minimum atomic E-state index is -0.236. The summed E-state index contributed by atoms with van der Waals surface area (Å²) in [5.74, 6) is 0.340. The first-order chi connectivity index (χ1) is 6.16. The Morgan fingerprint density at radius 2 is 2.31 bits per heavy atom. The number of fused-ring (bicyclic) bond motifs is 1. The summed E-state index contributed by atoms with van der Waals surface area (Å²) < 4.78 is 5.02. The predicted octanol–water partition coefficient (Wildman–Crippen LogP) is 0.624. The summed E-state index contributed by atoms with van der Waals surface area (Å²) in [7, 11) is 1.83. The van der Waals surface area contributed by atoms with Gasteiger partial charge in [-0.15, -0.1) is 0 Å². The van der Waals surface area contributed by atoms with Crippen molar-refractivity contribution in [2.45, 2.75) is 0 Å². The molecule has 4 heteroatoms. The molecule has 2 N–H and O–H groups in total. The molecule has 1 aliphatic rings. The number of nitrogens with zero attached hydrogens (tertiary/aromatic N) is 1. The number of hydrogen-bond acceptors (Lipinski definition) is 4. The first-order valence-electron chi connectivity index (χ1n) is 3.98. The third kappa shape index (κ3) is 1.30. The average Bonchev–Trinajstić information content (AvgIpc) is 2.06. The topological polar surface area (TPSA) is 55.6 Å². The van der Waals surface area contributed by atoms with Gasteiger partial charge in [0.1, 0.15) is 6.54 Å². The number of hydrogen-bond donors (Lipinski definition) is 1. The maximum atomic E-state index is 11.0. The van der Waals surface area contributed by atoms with Crippen molar-refractivity contribution in [2.24, 2.45) is 0 Å². The molecule has 0 fully saturated rings. The van der Waals surface area contributed by atoms with E-state index < -0.39 is 0 Å². The van der Waals surface area contributed by atoms with Crippen molar-refractivity contribution in [3.8, 4) is 5.75 Å². The summed E-state index contributed by atoms with van der Waals surface area (Å²) in [4.78, 5) is 12.8. The van der Waals surface area contributed by atoms with Gasteiger partial charge in [-0.2, -0.15) is 0 Å². The van der Waals surface area contributed by atoms with Crippen LogP contribution in [-0.2, 0) is 4.79 Å². The van der Waals surface area contributed by atoms with Crippen LogP contribution in [0, 0.1) is 0 Å². The van der Waals surface area contributed by atoms with Gasteiger partial charge in [-0.3, -0.25) is 0 Å². The van der Waals surface area contributed by atoms with Crippen molar-refractivity contribution in [3.63, 3.8) is 0 Å². The van der Waals surface area contributed by atoms with Gasteiger partial charge in [-0.05, 0) is 18.2 Å². The molecular weight excluding hydrogens is 168 g/mol. The first kappa shape index (κ1) is 7.91. The normalized spacial score (nSPS) is 15.2. The second kappa shape index (κ2) is 2.65. The van der Waals surface area contributed by atoms with Crippen LogP contribution in [0.1, 0.15) is 0 Å². The monoisotopic (exact) mass is 178 g/mol. The number of nitrogen functional groups attached to an aromatic ring is 1. The minimum absolute atomic E-state index is 0.236. The lowest BCUT2D eigenvalue weighted by Gasteiger charge is -2.25. The van der Waals surface area contributed by atoms with Crippen LogP contribution >= 0.6 is 0 Å². The molecule has 0 radical (unpaired) electrons. The number of rotatable bonds is 0. The molecule has 0 amide bonds. The maximum absolute atomic E-state index is 11.0. The summed E-state index contributed by atoms with van der Waals surface area (Å²) >= 11 is 0.